The second-order valence-corrected chi connectivity index (χ2v) is 5.19. The molecule has 1 fully saturated rings. The summed E-state index contributed by atoms with van der Waals surface area (Å²) in [5, 5.41) is 0. The van der Waals surface area contributed by atoms with Gasteiger partial charge in [-0.05, 0) is 56.8 Å². The van der Waals surface area contributed by atoms with Crippen LogP contribution in [0.15, 0.2) is 12.2 Å². The number of hydrogen-bond acceptors (Lipinski definition) is 0. The summed E-state index contributed by atoms with van der Waals surface area (Å²) in [4.78, 5) is 0. The zero-order valence-electron chi connectivity index (χ0n) is 11.5. The molecule has 0 atom stereocenters. The normalized spacial score (nSPS) is 25.7. The Labute approximate surface area is 97.2 Å². The van der Waals surface area contributed by atoms with Gasteiger partial charge in [0.2, 0.25) is 0 Å². The number of hydrogen-bond donors (Lipinski definition) is 0. The van der Waals surface area contributed by atoms with Crippen LogP contribution in [0.3, 0.4) is 0 Å². The van der Waals surface area contributed by atoms with E-state index in [1.54, 1.807) is 0 Å². The average Bonchev–Trinajstić information content (AvgIpc) is 2.20. The molecule has 0 spiro atoms. The Morgan fingerprint density at radius 1 is 1.13 bits per heavy atom. The van der Waals surface area contributed by atoms with Crippen LogP contribution in [-0.2, 0) is 0 Å². The quantitative estimate of drug-likeness (QED) is 0.544. The van der Waals surface area contributed by atoms with E-state index in [4.69, 9.17) is 0 Å². The molecule has 0 heterocycles. The molecule has 1 aliphatic rings. The van der Waals surface area contributed by atoms with E-state index in [1.807, 2.05) is 13.8 Å². The minimum atomic E-state index is 0.836. The number of rotatable bonds is 3. The van der Waals surface area contributed by atoms with Crippen LogP contribution in [0.4, 0.5) is 0 Å². The van der Waals surface area contributed by atoms with Gasteiger partial charge in [0, 0.05) is 0 Å². The summed E-state index contributed by atoms with van der Waals surface area (Å²) in [6.45, 7) is 14.9. The maximum atomic E-state index is 4.06. The molecule has 0 amide bonds. The molecule has 0 aromatic heterocycles. The third-order valence-corrected chi connectivity index (χ3v) is 3.35. The first-order valence-corrected chi connectivity index (χ1v) is 6.75. The lowest BCUT2D eigenvalue weighted by Crippen LogP contribution is -2.16. The summed E-state index contributed by atoms with van der Waals surface area (Å²) in [6, 6.07) is 0. The van der Waals surface area contributed by atoms with Crippen LogP contribution in [0.5, 0.6) is 0 Å². The Hall–Kier alpha value is -0.260. The van der Waals surface area contributed by atoms with Gasteiger partial charge in [-0.15, -0.1) is 0 Å². The number of allylic oxidation sites excluding steroid dienone is 1. The summed E-state index contributed by atoms with van der Waals surface area (Å²) < 4.78 is 0. The SMILES string of the molecule is C=C(C)C1CCC(CC(C)C)CC1.CC. The van der Waals surface area contributed by atoms with Gasteiger partial charge in [-0.1, -0.05) is 39.8 Å². The summed E-state index contributed by atoms with van der Waals surface area (Å²) in [7, 11) is 0. The predicted molar refractivity (Wildman–Crippen MR) is 71.1 cm³/mol. The first kappa shape index (κ1) is 14.7. The van der Waals surface area contributed by atoms with E-state index < -0.39 is 0 Å². The van der Waals surface area contributed by atoms with Crippen molar-refractivity contribution in [3.8, 4) is 0 Å². The standard InChI is InChI=1S/C13H24.C2H6/c1-10(2)9-12-5-7-13(8-6-12)11(3)4;1-2/h10,12-13H,3,5-9H2,1-2,4H3;1-2H3. The Morgan fingerprint density at radius 3 is 1.93 bits per heavy atom. The second kappa shape index (κ2) is 7.96. The van der Waals surface area contributed by atoms with Crippen LogP contribution in [0, 0.1) is 17.8 Å². The van der Waals surface area contributed by atoms with E-state index in [1.165, 1.54) is 37.7 Å². The summed E-state index contributed by atoms with van der Waals surface area (Å²) in [6.07, 6.45) is 7.10. The van der Waals surface area contributed by atoms with Crippen molar-refractivity contribution < 1.29 is 0 Å². The fourth-order valence-electron chi connectivity index (χ4n) is 2.56. The molecule has 1 rings (SSSR count). The van der Waals surface area contributed by atoms with E-state index in [0.717, 1.165) is 17.8 Å². The van der Waals surface area contributed by atoms with Crippen molar-refractivity contribution in [3.05, 3.63) is 12.2 Å². The van der Waals surface area contributed by atoms with Crippen LogP contribution in [0.2, 0.25) is 0 Å². The van der Waals surface area contributed by atoms with Gasteiger partial charge in [-0.3, -0.25) is 0 Å². The highest BCUT2D eigenvalue weighted by atomic mass is 14.3. The molecule has 1 aliphatic carbocycles. The maximum absolute atomic E-state index is 4.06. The van der Waals surface area contributed by atoms with Crippen LogP contribution in [-0.4, -0.2) is 0 Å². The first-order valence-electron chi connectivity index (χ1n) is 6.75. The van der Waals surface area contributed by atoms with Gasteiger partial charge in [0.1, 0.15) is 0 Å². The Morgan fingerprint density at radius 2 is 1.60 bits per heavy atom. The third kappa shape index (κ3) is 6.02. The molecule has 15 heavy (non-hydrogen) atoms. The van der Waals surface area contributed by atoms with Gasteiger partial charge in [0.05, 0.1) is 0 Å². The molecule has 1 saturated carbocycles. The zero-order valence-corrected chi connectivity index (χ0v) is 11.5. The van der Waals surface area contributed by atoms with Crippen LogP contribution >= 0.6 is 0 Å². The molecule has 0 radical (unpaired) electrons. The van der Waals surface area contributed by atoms with Crippen molar-refractivity contribution in [1.82, 2.24) is 0 Å². The Bertz CT molecular complexity index is 159. The molecule has 0 aromatic carbocycles. The molecule has 0 unspecified atom stereocenters. The molecule has 0 aliphatic heterocycles. The fraction of sp³-hybridized carbons (Fsp3) is 0.867. The molecule has 0 bridgehead atoms. The smallest absolute Gasteiger partial charge is 0.0208 e. The molecular formula is C15H30. The van der Waals surface area contributed by atoms with E-state index in [-0.39, 0.29) is 0 Å². The molecule has 0 saturated heterocycles. The highest BCUT2D eigenvalue weighted by Gasteiger charge is 2.21. The predicted octanol–water partition coefficient (Wildman–Crippen LogP) is 5.44. The van der Waals surface area contributed by atoms with Crippen molar-refractivity contribution >= 4 is 0 Å². The lowest BCUT2D eigenvalue weighted by molar-refractivity contribution is 0.265. The molecule has 0 N–H and O–H groups in total. The van der Waals surface area contributed by atoms with Crippen LogP contribution in [0.1, 0.15) is 66.7 Å². The summed E-state index contributed by atoms with van der Waals surface area (Å²) >= 11 is 0. The van der Waals surface area contributed by atoms with E-state index >= 15 is 0 Å². The van der Waals surface area contributed by atoms with Crippen molar-refractivity contribution in [2.24, 2.45) is 17.8 Å². The fourth-order valence-corrected chi connectivity index (χ4v) is 2.56. The highest BCUT2D eigenvalue weighted by Crippen LogP contribution is 2.35. The average molecular weight is 210 g/mol. The van der Waals surface area contributed by atoms with Gasteiger partial charge in [-0.25, -0.2) is 0 Å². The van der Waals surface area contributed by atoms with Gasteiger partial charge in [-0.2, -0.15) is 0 Å². The molecule has 0 aromatic rings. The van der Waals surface area contributed by atoms with Crippen molar-refractivity contribution in [2.45, 2.75) is 66.7 Å². The van der Waals surface area contributed by atoms with Crippen molar-refractivity contribution in [3.63, 3.8) is 0 Å². The summed E-state index contributed by atoms with van der Waals surface area (Å²) in [5.41, 5.74) is 1.41. The highest BCUT2D eigenvalue weighted by molar-refractivity contribution is 4.97. The Balaban J connectivity index is 0.000000921. The first-order chi connectivity index (χ1) is 7.09. The molecular weight excluding hydrogens is 180 g/mol. The Kier molecular flexibility index (Phi) is 7.82. The third-order valence-electron chi connectivity index (χ3n) is 3.35. The van der Waals surface area contributed by atoms with Gasteiger partial charge < -0.3 is 0 Å². The lowest BCUT2D eigenvalue weighted by atomic mass is 9.76. The second-order valence-electron chi connectivity index (χ2n) is 5.19. The van der Waals surface area contributed by atoms with Gasteiger partial charge in [0.25, 0.3) is 0 Å². The van der Waals surface area contributed by atoms with E-state index in [2.05, 4.69) is 27.4 Å². The molecule has 90 valence electrons. The minimum Gasteiger partial charge on any atom is -0.0999 e. The molecule has 0 heteroatoms. The topological polar surface area (TPSA) is 0 Å². The zero-order chi connectivity index (χ0) is 11.8. The van der Waals surface area contributed by atoms with Crippen LogP contribution in [0.25, 0.3) is 0 Å². The lowest BCUT2D eigenvalue weighted by Gasteiger charge is -2.29. The van der Waals surface area contributed by atoms with Crippen LogP contribution < -0.4 is 0 Å². The minimum absolute atomic E-state index is 0.836. The van der Waals surface area contributed by atoms with Gasteiger partial charge >= 0.3 is 0 Å². The monoisotopic (exact) mass is 210 g/mol. The van der Waals surface area contributed by atoms with E-state index in [9.17, 15) is 0 Å². The van der Waals surface area contributed by atoms with Crippen molar-refractivity contribution in [1.29, 1.82) is 0 Å². The maximum Gasteiger partial charge on any atom is -0.0208 e. The molecule has 0 nitrogen and oxygen atoms in total. The largest absolute Gasteiger partial charge is 0.0999 e. The van der Waals surface area contributed by atoms with Gasteiger partial charge in [0.15, 0.2) is 0 Å². The van der Waals surface area contributed by atoms with Crippen molar-refractivity contribution in [2.75, 3.05) is 0 Å². The summed E-state index contributed by atoms with van der Waals surface area (Å²) in [5.74, 6) is 2.73. The van der Waals surface area contributed by atoms with E-state index in [0.29, 0.717) is 0 Å².